The Hall–Kier alpha value is -3.64. The van der Waals surface area contributed by atoms with E-state index in [0.717, 1.165) is 24.1 Å². The number of carbonyl (C=O) groups excluding carboxylic acids is 1. The lowest BCUT2D eigenvalue weighted by atomic mass is 10.0. The van der Waals surface area contributed by atoms with Gasteiger partial charge in [-0.05, 0) is 30.7 Å². The first kappa shape index (κ1) is 26.4. The fourth-order valence-corrected chi connectivity index (χ4v) is 4.51. The summed E-state index contributed by atoms with van der Waals surface area (Å²) in [5, 5.41) is 12.5. The fourth-order valence-electron chi connectivity index (χ4n) is 4.24. The summed E-state index contributed by atoms with van der Waals surface area (Å²) in [7, 11) is 1.08. The van der Waals surface area contributed by atoms with Gasteiger partial charge in [-0.15, -0.1) is 0 Å². The van der Waals surface area contributed by atoms with Crippen LogP contribution in [-0.4, -0.2) is 65.1 Å². The van der Waals surface area contributed by atoms with Gasteiger partial charge >= 0.3 is 12.1 Å². The van der Waals surface area contributed by atoms with Crippen LogP contribution < -0.4 is 5.32 Å². The molecule has 0 amide bonds. The third kappa shape index (κ3) is 5.70. The minimum atomic E-state index is -3.24. The third-order valence-corrected chi connectivity index (χ3v) is 6.26. The van der Waals surface area contributed by atoms with E-state index in [1.807, 2.05) is 0 Å². The molecule has 37 heavy (non-hydrogen) atoms. The van der Waals surface area contributed by atoms with Gasteiger partial charge in [-0.25, -0.2) is 23.0 Å². The number of nitrogens with one attached hydrogen (secondary N) is 1. The maximum atomic E-state index is 14.2. The third-order valence-electron chi connectivity index (χ3n) is 5.94. The maximum absolute atomic E-state index is 14.2. The van der Waals surface area contributed by atoms with E-state index in [-0.39, 0.29) is 34.4 Å². The van der Waals surface area contributed by atoms with Crippen molar-refractivity contribution in [1.29, 1.82) is 0 Å². The van der Waals surface area contributed by atoms with Gasteiger partial charge in [0.05, 0.1) is 19.4 Å². The second-order valence-electron chi connectivity index (χ2n) is 8.56. The van der Waals surface area contributed by atoms with Crippen LogP contribution in [0.15, 0.2) is 53.0 Å². The van der Waals surface area contributed by atoms with Crippen molar-refractivity contribution < 1.29 is 37.3 Å². The highest BCUT2D eigenvalue weighted by molar-refractivity contribution is 6.31. The number of hydrogen-bond acceptors (Lipinski definition) is 8. The number of carboxylic acid groups (broad SMARTS) is 1. The molecule has 2 atom stereocenters. The Morgan fingerprint density at radius 3 is 2.73 bits per heavy atom. The molecular weight excluding hydrogens is 517 g/mol. The Morgan fingerprint density at radius 1 is 1.32 bits per heavy atom. The summed E-state index contributed by atoms with van der Waals surface area (Å²) in [5.74, 6) is -5.26. The van der Waals surface area contributed by atoms with Crippen LogP contribution in [0.1, 0.15) is 29.3 Å². The van der Waals surface area contributed by atoms with Crippen LogP contribution in [0.2, 0.25) is 5.02 Å². The number of carboxylic acids is 1. The predicted molar refractivity (Wildman–Crippen MR) is 126 cm³/mol. The topological polar surface area (TPSA) is 113 Å². The molecule has 9 nitrogen and oxygen atoms in total. The molecule has 2 N–H and O–H groups in total. The molecule has 1 saturated heterocycles. The standard InChI is InChI=1S/C24H22ClF3N4O5/c1-12-4-3-7-29-18(12)21-30-16(10-32-11-24(27,28)9-17(32)22(33)34)20(37-23(35)36-2)19(31-21)14-6-5-13(26)8-15(14)25/h3-8,17,19H,9-11H2,1-2H3,(H,30,31)(H,33,34)/t17-,19+/m0/s1. The number of hydrogen-bond donors (Lipinski definition) is 2. The minimum Gasteiger partial charge on any atom is -0.480 e. The first-order valence-corrected chi connectivity index (χ1v) is 11.4. The lowest BCUT2D eigenvalue weighted by molar-refractivity contribution is -0.142. The van der Waals surface area contributed by atoms with Crippen molar-refractivity contribution in [1.82, 2.24) is 15.2 Å². The number of aryl methyl sites for hydroxylation is 1. The van der Waals surface area contributed by atoms with E-state index in [1.165, 1.54) is 12.3 Å². The van der Waals surface area contributed by atoms with Crippen LogP contribution in [0.3, 0.4) is 0 Å². The van der Waals surface area contributed by atoms with Crippen molar-refractivity contribution >= 4 is 29.6 Å². The van der Waals surface area contributed by atoms with Crippen LogP contribution in [-0.2, 0) is 14.3 Å². The van der Waals surface area contributed by atoms with Crippen molar-refractivity contribution in [3.63, 3.8) is 0 Å². The van der Waals surface area contributed by atoms with Crippen LogP contribution in [0.25, 0.3) is 0 Å². The molecule has 2 aliphatic heterocycles. The van der Waals surface area contributed by atoms with Gasteiger partial charge in [0.2, 0.25) is 0 Å². The van der Waals surface area contributed by atoms with Crippen LogP contribution >= 0.6 is 11.6 Å². The van der Waals surface area contributed by atoms with Gasteiger partial charge in [0.1, 0.15) is 23.6 Å². The number of pyridine rings is 1. The number of aliphatic carboxylic acids is 1. The van der Waals surface area contributed by atoms with E-state index in [4.69, 9.17) is 16.3 Å². The lowest BCUT2D eigenvalue weighted by Gasteiger charge is -2.31. The number of aromatic nitrogens is 1. The summed E-state index contributed by atoms with van der Waals surface area (Å²) in [4.78, 5) is 33.9. The molecule has 1 fully saturated rings. The van der Waals surface area contributed by atoms with E-state index < -0.39 is 48.9 Å². The van der Waals surface area contributed by atoms with Crippen LogP contribution in [0.5, 0.6) is 0 Å². The lowest BCUT2D eigenvalue weighted by Crippen LogP contribution is -2.43. The molecule has 0 radical (unpaired) electrons. The van der Waals surface area contributed by atoms with Crippen molar-refractivity contribution in [2.45, 2.75) is 31.4 Å². The summed E-state index contributed by atoms with van der Waals surface area (Å²) < 4.78 is 52.3. The number of ether oxygens (including phenoxy) is 2. The molecular formula is C24H22ClF3N4O5. The smallest absolute Gasteiger partial charge is 0.480 e. The Kier molecular flexibility index (Phi) is 7.42. The van der Waals surface area contributed by atoms with Gasteiger partial charge in [0.25, 0.3) is 5.92 Å². The number of methoxy groups -OCH3 is 1. The summed E-state index contributed by atoms with van der Waals surface area (Å²) in [6.45, 7) is 0.564. The first-order valence-electron chi connectivity index (χ1n) is 11.0. The number of benzene rings is 1. The first-order chi connectivity index (χ1) is 17.5. The molecule has 1 aromatic heterocycles. The number of rotatable bonds is 6. The second kappa shape index (κ2) is 10.4. The van der Waals surface area contributed by atoms with Crippen molar-refractivity contribution in [3.8, 4) is 0 Å². The number of alkyl halides is 2. The summed E-state index contributed by atoms with van der Waals surface area (Å²) in [5.41, 5.74) is 1.43. The van der Waals surface area contributed by atoms with E-state index in [9.17, 15) is 27.9 Å². The molecule has 1 aromatic carbocycles. The van der Waals surface area contributed by atoms with Gasteiger partial charge in [0, 0.05) is 29.7 Å². The average molecular weight is 539 g/mol. The highest BCUT2D eigenvalue weighted by Gasteiger charge is 2.49. The number of amidine groups is 1. The number of carbonyl (C=O) groups is 2. The Labute approximate surface area is 214 Å². The second-order valence-corrected chi connectivity index (χ2v) is 8.97. The molecule has 4 rings (SSSR count). The largest absolute Gasteiger partial charge is 0.513 e. The average Bonchev–Trinajstić information content (AvgIpc) is 3.14. The molecule has 2 aliphatic rings. The molecule has 13 heteroatoms. The van der Waals surface area contributed by atoms with Gasteiger partial charge in [-0.2, -0.15) is 0 Å². The number of likely N-dealkylation sites (tertiary alicyclic amines) is 1. The highest BCUT2D eigenvalue weighted by Crippen LogP contribution is 2.38. The molecule has 196 valence electrons. The van der Waals surface area contributed by atoms with Crippen molar-refractivity contribution in [2.75, 3.05) is 20.2 Å². The zero-order chi connectivity index (χ0) is 26.9. The van der Waals surface area contributed by atoms with Crippen LogP contribution in [0.4, 0.5) is 18.0 Å². The molecule has 0 bridgehead atoms. The van der Waals surface area contributed by atoms with E-state index in [2.05, 4.69) is 20.0 Å². The van der Waals surface area contributed by atoms with Crippen LogP contribution in [0, 0.1) is 12.7 Å². The van der Waals surface area contributed by atoms with E-state index >= 15 is 0 Å². The Bertz CT molecular complexity index is 1300. The van der Waals surface area contributed by atoms with Gasteiger partial charge in [0.15, 0.2) is 11.6 Å². The monoisotopic (exact) mass is 538 g/mol. The molecule has 3 heterocycles. The fraction of sp³-hybridized carbons (Fsp3) is 0.333. The summed E-state index contributed by atoms with van der Waals surface area (Å²) in [6.07, 6.45) is -0.486. The zero-order valence-corrected chi connectivity index (χ0v) is 20.4. The van der Waals surface area contributed by atoms with E-state index in [1.54, 1.807) is 19.1 Å². The molecule has 2 aromatic rings. The number of nitrogens with zero attached hydrogens (tertiary/aromatic N) is 3. The molecule has 0 unspecified atom stereocenters. The minimum absolute atomic E-state index is 0.0332. The predicted octanol–water partition coefficient (Wildman–Crippen LogP) is 4.06. The quantitative estimate of drug-likeness (QED) is 0.529. The zero-order valence-electron chi connectivity index (χ0n) is 19.7. The highest BCUT2D eigenvalue weighted by atomic mass is 35.5. The van der Waals surface area contributed by atoms with E-state index in [0.29, 0.717) is 11.3 Å². The molecule has 0 saturated carbocycles. The van der Waals surface area contributed by atoms with Gasteiger partial charge < -0.3 is 19.9 Å². The number of aliphatic imine (C=N–C) groups is 1. The maximum Gasteiger partial charge on any atom is 0.513 e. The normalized spacial score (nSPS) is 21.3. The SMILES string of the molecule is COC(=O)OC1=C(CN2CC(F)(F)C[C@H]2C(=O)O)NC(c2ncccc2C)=N[C@@H]1c1ccc(F)cc1Cl. The summed E-state index contributed by atoms with van der Waals surface area (Å²) >= 11 is 6.32. The Morgan fingerprint density at radius 2 is 2.08 bits per heavy atom. The Balaban J connectivity index is 1.87. The van der Waals surface area contributed by atoms with Crippen molar-refractivity contribution in [2.24, 2.45) is 4.99 Å². The molecule has 0 aliphatic carbocycles. The molecule has 0 spiro atoms. The van der Waals surface area contributed by atoms with Crippen molar-refractivity contribution in [3.05, 3.63) is 75.6 Å². The summed E-state index contributed by atoms with van der Waals surface area (Å²) in [6, 6.07) is 4.39. The number of halogens is 4. The van der Waals surface area contributed by atoms with Gasteiger partial charge in [-0.1, -0.05) is 23.7 Å². The van der Waals surface area contributed by atoms with Gasteiger partial charge in [-0.3, -0.25) is 14.7 Å².